The maximum absolute atomic E-state index is 13.0. The third-order valence-corrected chi connectivity index (χ3v) is 5.73. The summed E-state index contributed by atoms with van der Waals surface area (Å²) >= 11 is 0. The van der Waals surface area contributed by atoms with Crippen molar-refractivity contribution in [2.45, 2.75) is 11.4 Å². The van der Waals surface area contributed by atoms with Crippen LogP contribution in [0.2, 0.25) is 0 Å². The first-order valence-corrected chi connectivity index (χ1v) is 10.4. The Bertz CT molecular complexity index is 1550. The summed E-state index contributed by atoms with van der Waals surface area (Å²) in [6, 6.07) is 13.6. The van der Waals surface area contributed by atoms with E-state index in [4.69, 9.17) is 0 Å². The number of fused-ring (bicyclic) bond motifs is 1. The number of pyridine rings is 1. The Balaban J connectivity index is 0.00000289. The molecule has 0 aliphatic heterocycles. The zero-order chi connectivity index (χ0) is 22.3. The average molecular weight is 482 g/mol. The van der Waals surface area contributed by atoms with Gasteiger partial charge in [-0.2, -0.15) is 8.42 Å². The van der Waals surface area contributed by atoms with Gasteiger partial charge in [0.15, 0.2) is 0 Å². The molecule has 160 valence electrons. The van der Waals surface area contributed by atoms with Gasteiger partial charge in [0.05, 0.1) is 28.0 Å². The number of carboxylic acid groups (broad SMARTS) is 1. The fourth-order valence-electron chi connectivity index (χ4n) is 3.48. The molecule has 4 rings (SSSR count). The Morgan fingerprint density at radius 1 is 1.00 bits per heavy atom. The molecule has 4 N–H and O–H groups in total. The first kappa shape index (κ1) is 24.3. The molecule has 0 atom stereocenters. The maximum atomic E-state index is 13.0. The molecule has 0 aliphatic carbocycles. The van der Waals surface area contributed by atoms with E-state index >= 15 is 0 Å². The van der Waals surface area contributed by atoms with Gasteiger partial charge in [-0.1, -0.05) is 48.5 Å². The number of aromatic amines is 2. The second-order valence-corrected chi connectivity index (χ2v) is 8.10. The van der Waals surface area contributed by atoms with E-state index in [1.165, 1.54) is 24.3 Å². The summed E-state index contributed by atoms with van der Waals surface area (Å²) in [6.45, 7) is -0.314. The normalized spacial score (nSPS) is 11.3. The Morgan fingerprint density at radius 2 is 1.62 bits per heavy atom. The summed E-state index contributed by atoms with van der Waals surface area (Å²) in [5, 5.41) is 12.2. The summed E-state index contributed by atoms with van der Waals surface area (Å²) in [5.41, 5.74) is -1.80. The number of rotatable bonds is 5. The third-order valence-electron chi connectivity index (χ3n) is 4.78. The quantitative estimate of drug-likeness (QED) is 0.244. The van der Waals surface area contributed by atoms with Crippen molar-refractivity contribution in [2.75, 3.05) is 0 Å². The Kier molecular flexibility index (Phi) is 7.05. The molecule has 2 heterocycles. The van der Waals surface area contributed by atoms with Crippen molar-refractivity contribution >= 4 is 78.5 Å². The van der Waals surface area contributed by atoms with E-state index in [0.29, 0.717) is 5.56 Å². The number of nitrogens with one attached hydrogen (secondary N) is 2. The average Bonchev–Trinajstić information content (AvgIpc) is 3.02. The van der Waals surface area contributed by atoms with Crippen molar-refractivity contribution in [3.05, 3.63) is 86.4 Å². The summed E-state index contributed by atoms with van der Waals surface area (Å²) < 4.78 is 33.6. The van der Waals surface area contributed by atoms with E-state index in [1.807, 2.05) is 0 Å². The van der Waals surface area contributed by atoms with E-state index in [9.17, 15) is 32.5 Å². The molecule has 0 saturated heterocycles. The first-order valence-electron chi connectivity index (χ1n) is 8.91. The summed E-state index contributed by atoms with van der Waals surface area (Å²) in [6.07, 6.45) is 0. The third kappa shape index (κ3) is 4.43. The van der Waals surface area contributed by atoms with Crippen LogP contribution >= 0.6 is 0 Å². The molecule has 0 radical (unpaired) electrons. The Hall–Kier alpha value is -2.32. The molecule has 0 amide bonds. The number of H-pyrrole nitrogens is 2. The van der Waals surface area contributed by atoms with E-state index in [-0.39, 0.29) is 80.1 Å². The van der Waals surface area contributed by atoms with Crippen LogP contribution in [0, 0.1) is 0 Å². The molecule has 12 heteroatoms. The second-order valence-electron chi connectivity index (χ2n) is 6.71. The number of nitrogens with zero attached hydrogens (tertiary/aromatic N) is 1. The van der Waals surface area contributed by atoms with Crippen molar-refractivity contribution in [1.82, 2.24) is 14.8 Å². The fraction of sp³-hybridized carbons (Fsp3) is 0.0500. The predicted molar refractivity (Wildman–Crippen MR) is 118 cm³/mol. The van der Waals surface area contributed by atoms with Crippen molar-refractivity contribution in [3.8, 4) is 11.1 Å². The molecular weight excluding hydrogens is 465 g/mol. The van der Waals surface area contributed by atoms with Crippen molar-refractivity contribution in [2.24, 2.45) is 0 Å². The molecule has 0 fully saturated rings. The monoisotopic (exact) mass is 481 g/mol. The van der Waals surface area contributed by atoms with Gasteiger partial charge in [0, 0.05) is 0 Å². The van der Waals surface area contributed by atoms with Crippen LogP contribution < -0.4 is 11.1 Å². The van der Waals surface area contributed by atoms with Gasteiger partial charge in [-0.05, 0) is 17.2 Å². The molecule has 2 aromatic carbocycles. The van der Waals surface area contributed by atoms with E-state index in [2.05, 4.69) is 10.1 Å². The number of benzene rings is 2. The Labute approximate surface area is 223 Å². The summed E-state index contributed by atoms with van der Waals surface area (Å²) in [5.74, 6) is -1.46. The summed E-state index contributed by atoms with van der Waals surface area (Å²) in [4.78, 5) is 39.8. The minimum absolute atomic E-state index is 0. The van der Waals surface area contributed by atoms with Crippen molar-refractivity contribution < 1.29 is 22.9 Å². The van der Waals surface area contributed by atoms with Crippen LogP contribution in [0.15, 0.2) is 69.1 Å². The van der Waals surface area contributed by atoms with E-state index < -0.39 is 37.7 Å². The van der Waals surface area contributed by atoms with Gasteiger partial charge in [-0.3, -0.25) is 19.2 Å². The Morgan fingerprint density at radius 3 is 2.25 bits per heavy atom. The number of aromatic carboxylic acids is 1. The fourth-order valence-corrected chi connectivity index (χ4v) is 4.20. The molecular formula is C20H16KN3O7S. The molecule has 0 saturated carbocycles. The molecule has 0 unspecified atom stereocenters. The van der Waals surface area contributed by atoms with Crippen LogP contribution in [0.1, 0.15) is 15.9 Å². The van der Waals surface area contributed by atoms with Gasteiger partial charge in [0.1, 0.15) is 5.65 Å². The topological polar surface area (TPSA) is 162 Å². The molecule has 0 aliphatic rings. The van der Waals surface area contributed by atoms with Crippen molar-refractivity contribution in [1.29, 1.82) is 0 Å². The number of hydrogen-bond donors (Lipinski definition) is 4. The number of carboxylic acids is 1. The van der Waals surface area contributed by atoms with Crippen LogP contribution in [-0.2, 0) is 16.7 Å². The second kappa shape index (κ2) is 9.27. The zero-order valence-electron chi connectivity index (χ0n) is 15.7. The standard InChI is InChI=1S/C20H15N3O7S.K.H/c24-18-14(11-6-2-1-3-7-11)15(20(26)27)16-17(21-18)22-23(19(16)25)10-12-8-4-5-9-13(12)31(28,29)30;;/h1-9H,10H2,(H,26,27)(H2,21,22,24)(H,28,29,30);;. The van der Waals surface area contributed by atoms with Gasteiger partial charge in [0.2, 0.25) is 0 Å². The number of aromatic nitrogens is 3. The molecule has 0 bridgehead atoms. The van der Waals surface area contributed by atoms with Crippen LogP contribution in [0.5, 0.6) is 0 Å². The van der Waals surface area contributed by atoms with Gasteiger partial charge >= 0.3 is 57.4 Å². The number of hydrogen-bond acceptors (Lipinski definition) is 5. The van der Waals surface area contributed by atoms with Crippen LogP contribution in [0.4, 0.5) is 0 Å². The molecule has 2 aromatic heterocycles. The SMILES string of the molecule is O=C(O)c1c(-c2ccccc2)c(=O)[nH]c2[nH]n(Cc3ccccc3S(=O)(=O)O)c(=O)c12.[KH]. The molecule has 10 nitrogen and oxygen atoms in total. The van der Waals surface area contributed by atoms with Crippen LogP contribution in [0.3, 0.4) is 0 Å². The van der Waals surface area contributed by atoms with Crippen LogP contribution in [-0.4, -0.2) is 90.2 Å². The van der Waals surface area contributed by atoms with Crippen LogP contribution in [0.25, 0.3) is 22.2 Å². The van der Waals surface area contributed by atoms with Gasteiger partial charge in [-0.15, -0.1) is 0 Å². The number of carbonyl (C=O) groups is 1. The molecule has 4 aromatic rings. The summed E-state index contributed by atoms with van der Waals surface area (Å²) in [7, 11) is -4.55. The van der Waals surface area contributed by atoms with Gasteiger partial charge in [0.25, 0.3) is 21.2 Å². The van der Waals surface area contributed by atoms with Crippen molar-refractivity contribution in [3.63, 3.8) is 0 Å². The molecule has 0 spiro atoms. The minimum atomic E-state index is -4.55. The van der Waals surface area contributed by atoms with E-state index in [1.54, 1.807) is 30.3 Å². The predicted octanol–water partition coefficient (Wildman–Crippen LogP) is 1.03. The van der Waals surface area contributed by atoms with Gasteiger partial charge in [-0.25, -0.2) is 9.48 Å². The first-order chi connectivity index (χ1) is 14.7. The van der Waals surface area contributed by atoms with E-state index in [0.717, 1.165) is 4.68 Å². The molecule has 32 heavy (non-hydrogen) atoms. The van der Waals surface area contributed by atoms with Gasteiger partial charge < -0.3 is 10.1 Å². The zero-order valence-corrected chi connectivity index (χ0v) is 16.5.